The minimum absolute atomic E-state index is 0.138. The molecule has 0 aliphatic rings. The number of carbonyl (C=O) groups is 1. The summed E-state index contributed by atoms with van der Waals surface area (Å²) in [6, 6.07) is 15.7. The molecule has 1 atom stereocenters. The van der Waals surface area contributed by atoms with Crippen molar-refractivity contribution in [2.75, 3.05) is 21.3 Å². The first kappa shape index (κ1) is 22.9. The Morgan fingerprint density at radius 2 is 1.59 bits per heavy atom. The summed E-state index contributed by atoms with van der Waals surface area (Å²) in [4.78, 5) is 12.5. The van der Waals surface area contributed by atoms with Crippen molar-refractivity contribution in [3.63, 3.8) is 0 Å². The number of nitrogens with zero attached hydrogens (tertiary/aromatic N) is 1. The number of likely N-dealkylation sites (N-methyl/N-ethyl adjacent to an activating group) is 1. The molecule has 0 aliphatic carbocycles. The molecule has 0 fully saturated rings. The van der Waals surface area contributed by atoms with E-state index in [1.165, 1.54) is 18.5 Å². The van der Waals surface area contributed by atoms with Crippen LogP contribution in [0.15, 0.2) is 54.6 Å². The number of rotatable bonds is 9. The Morgan fingerprint density at radius 3 is 2.10 bits per heavy atom. The smallest absolute Gasteiger partial charge is 0.312 e. The Morgan fingerprint density at radius 1 is 1.00 bits per heavy atom. The SMILES string of the molecule is COC(=O)C(C)(C)C(Cc1ccc(OC)cc1)N(C)S(=O)(=O)Cc1ccccc1. The van der Waals surface area contributed by atoms with Crippen molar-refractivity contribution in [1.82, 2.24) is 4.31 Å². The van der Waals surface area contributed by atoms with Crippen molar-refractivity contribution >= 4 is 16.0 Å². The molecular weight excluding hydrogens is 390 g/mol. The average Bonchev–Trinajstić information content (AvgIpc) is 2.71. The van der Waals surface area contributed by atoms with E-state index in [9.17, 15) is 13.2 Å². The Labute approximate surface area is 173 Å². The molecule has 1 unspecified atom stereocenters. The highest BCUT2D eigenvalue weighted by Gasteiger charge is 2.43. The maximum Gasteiger partial charge on any atom is 0.312 e. The third-order valence-electron chi connectivity index (χ3n) is 5.20. The van der Waals surface area contributed by atoms with Crippen molar-refractivity contribution in [2.45, 2.75) is 32.1 Å². The van der Waals surface area contributed by atoms with Crippen LogP contribution in [0.5, 0.6) is 5.75 Å². The topological polar surface area (TPSA) is 72.9 Å². The molecule has 158 valence electrons. The quantitative estimate of drug-likeness (QED) is 0.583. The van der Waals surface area contributed by atoms with Gasteiger partial charge in [-0.15, -0.1) is 0 Å². The standard InChI is InChI=1S/C22H29NO5S/c1-22(2,21(24)28-5)20(15-17-11-13-19(27-4)14-12-17)23(3)29(25,26)16-18-9-7-6-8-10-18/h6-14,20H,15-16H2,1-5H3. The third kappa shape index (κ3) is 5.58. The highest BCUT2D eigenvalue weighted by atomic mass is 32.2. The zero-order valence-corrected chi connectivity index (χ0v) is 18.4. The zero-order chi connectivity index (χ0) is 21.7. The second-order valence-electron chi connectivity index (χ2n) is 7.54. The van der Waals surface area contributed by atoms with Crippen LogP contribution in [0.1, 0.15) is 25.0 Å². The van der Waals surface area contributed by atoms with Gasteiger partial charge >= 0.3 is 5.97 Å². The van der Waals surface area contributed by atoms with Gasteiger partial charge in [-0.3, -0.25) is 4.79 Å². The summed E-state index contributed by atoms with van der Waals surface area (Å²) in [6.45, 7) is 3.42. The summed E-state index contributed by atoms with van der Waals surface area (Å²) >= 11 is 0. The normalized spacial score (nSPS) is 13.2. The van der Waals surface area contributed by atoms with Crippen LogP contribution in [-0.2, 0) is 31.7 Å². The predicted molar refractivity (Wildman–Crippen MR) is 113 cm³/mol. The molecule has 0 amide bonds. The van der Waals surface area contributed by atoms with Crippen LogP contribution in [-0.4, -0.2) is 46.0 Å². The fourth-order valence-corrected chi connectivity index (χ4v) is 4.85. The number of hydrogen-bond donors (Lipinski definition) is 0. The summed E-state index contributed by atoms with van der Waals surface area (Å²) in [5.41, 5.74) is 0.542. The molecule has 0 radical (unpaired) electrons. The summed E-state index contributed by atoms with van der Waals surface area (Å²) in [5.74, 6) is 0.112. The van der Waals surface area contributed by atoms with Crippen LogP contribution in [0.2, 0.25) is 0 Å². The van der Waals surface area contributed by atoms with Gasteiger partial charge in [0.25, 0.3) is 0 Å². The van der Waals surface area contributed by atoms with Gasteiger partial charge in [0, 0.05) is 13.1 Å². The van der Waals surface area contributed by atoms with Gasteiger partial charge in [-0.25, -0.2) is 12.7 Å². The molecule has 6 nitrogen and oxygen atoms in total. The molecule has 2 rings (SSSR count). The molecule has 2 aromatic rings. The maximum atomic E-state index is 13.1. The molecule has 0 saturated heterocycles. The lowest BCUT2D eigenvalue weighted by molar-refractivity contribution is -0.153. The maximum absolute atomic E-state index is 13.1. The molecular formula is C22H29NO5S. The highest BCUT2D eigenvalue weighted by Crippen LogP contribution is 2.32. The molecule has 2 aromatic carbocycles. The minimum atomic E-state index is -3.67. The third-order valence-corrected chi connectivity index (χ3v) is 7.03. The van der Waals surface area contributed by atoms with E-state index in [1.807, 2.05) is 30.3 Å². The van der Waals surface area contributed by atoms with Crippen molar-refractivity contribution in [1.29, 1.82) is 0 Å². The second-order valence-corrected chi connectivity index (χ2v) is 9.57. The monoisotopic (exact) mass is 419 g/mol. The van der Waals surface area contributed by atoms with E-state index in [2.05, 4.69) is 0 Å². The van der Waals surface area contributed by atoms with Crippen LogP contribution in [0.3, 0.4) is 0 Å². The number of ether oxygens (including phenoxy) is 2. The molecule has 0 saturated carbocycles. The first-order chi connectivity index (χ1) is 13.6. The van der Waals surface area contributed by atoms with E-state index in [-0.39, 0.29) is 5.75 Å². The van der Waals surface area contributed by atoms with E-state index >= 15 is 0 Å². The molecule has 29 heavy (non-hydrogen) atoms. The second kappa shape index (κ2) is 9.41. The van der Waals surface area contributed by atoms with Crippen molar-refractivity contribution in [2.24, 2.45) is 5.41 Å². The Balaban J connectivity index is 2.38. The van der Waals surface area contributed by atoms with Gasteiger partial charge in [-0.05, 0) is 43.5 Å². The molecule has 0 bridgehead atoms. The van der Waals surface area contributed by atoms with Crippen LogP contribution in [0.25, 0.3) is 0 Å². The highest BCUT2D eigenvalue weighted by molar-refractivity contribution is 7.88. The van der Waals surface area contributed by atoms with Crippen LogP contribution in [0.4, 0.5) is 0 Å². The number of hydrogen-bond acceptors (Lipinski definition) is 5. The lowest BCUT2D eigenvalue weighted by Crippen LogP contribution is -2.51. The van der Waals surface area contributed by atoms with Gasteiger partial charge in [0.2, 0.25) is 10.0 Å². The Kier molecular flexibility index (Phi) is 7.43. The minimum Gasteiger partial charge on any atom is -0.497 e. The molecule has 0 spiro atoms. The fourth-order valence-electron chi connectivity index (χ4n) is 3.30. The average molecular weight is 420 g/mol. The molecule has 0 aliphatic heterocycles. The molecule has 0 heterocycles. The van der Waals surface area contributed by atoms with E-state index in [4.69, 9.17) is 9.47 Å². The van der Waals surface area contributed by atoms with Crippen LogP contribution < -0.4 is 4.74 Å². The lowest BCUT2D eigenvalue weighted by atomic mass is 9.81. The van der Waals surface area contributed by atoms with Crippen molar-refractivity contribution in [3.05, 3.63) is 65.7 Å². The van der Waals surface area contributed by atoms with Crippen LogP contribution >= 0.6 is 0 Å². The summed E-state index contributed by atoms with van der Waals surface area (Å²) < 4.78 is 37.7. The van der Waals surface area contributed by atoms with Crippen molar-refractivity contribution in [3.8, 4) is 5.75 Å². The number of sulfonamides is 1. The van der Waals surface area contributed by atoms with Gasteiger partial charge in [0.1, 0.15) is 5.75 Å². The lowest BCUT2D eigenvalue weighted by Gasteiger charge is -2.37. The van der Waals surface area contributed by atoms with E-state index in [0.717, 1.165) is 5.56 Å². The van der Waals surface area contributed by atoms with Crippen LogP contribution in [0, 0.1) is 5.41 Å². The first-order valence-corrected chi connectivity index (χ1v) is 10.9. The Hall–Kier alpha value is -2.38. The van der Waals surface area contributed by atoms with E-state index < -0.39 is 27.4 Å². The fraction of sp³-hybridized carbons (Fsp3) is 0.409. The molecule has 0 aromatic heterocycles. The van der Waals surface area contributed by atoms with E-state index in [0.29, 0.717) is 17.7 Å². The van der Waals surface area contributed by atoms with Gasteiger partial charge in [-0.2, -0.15) is 0 Å². The summed E-state index contributed by atoms with van der Waals surface area (Å²) in [7, 11) is 0.753. The molecule has 0 N–H and O–H groups in total. The largest absolute Gasteiger partial charge is 0.497 e. The van der Waals surface area contributed by atoms with Crippen molar-refractivity contribution < 1.29 is 22.7 Å². The Bertz CT molecular complexity index is 908. The number of methoxy groups -OCH3 is 2. The summed E-state index contributed by atoms with van der Waals surface area (Å²) in [6.07, 6.45) is 0.358. The summed E-state index contributed by atoms with van der Waals surface area (Å²) in [5, 5.41) is 0. The molecule has 7 heteroatoms. The number of carbonyl (C=O) groups excluding carboxylic acids is 1. The van der Waals surface area contributed by atoms with Gasteiger partial charge < -0.3 is 9.47 Å². The number of benzene rings is 2. The number of esters is 1. The van der Waals surface area contributed by atoms with Gasteiger partial charge in [0.15, 0.2) is 0 Å². The van der Waals surface area contributed by atoms with Gasteiger partial charge in [-0.1, -0.05) is 42.5 Å². The van der Waals surface area contributed by atoms with Gasteiger partial charge in [0.05, 0.1) is 25.4 Å². The predicted octanol–water partition coefficient (Wildman–Crippen LogP) is 3.27. The zero-order valence-electron chi connectivity index (χ0n) is 17.6. The first-order valence-electron chi connectivity index (χ1n) is 9.32. The van der Waals surface area contributed by atoms with E-state index in [1.54, 1.807) is 45.2 Å².